The predicted octanol–water partition coefficient (Wildman–Crippen LogP) is -0.226. The molecule has 2 heterocycles. The van der Waals surface area contributed by atoms with Crippen molar-refractivity contribution in [3.05, 3.63) is 36.4 Å². The third-order valence-corrected chi connectivity index (χ3v) is 3.32. The van der Waals surface area contributed by atoms with E-state index in [9.17, 15) is 9.79 Å². The smallest absolute Gasteiger partial charge is 0.253 e. The van der Waals surface area contributed by atoms with Gasteiger partial charge in [0.25, 0.3) is 11.6 Å². The molecule has 7 nitrogen and oxygen atoms in total. The summed E-state index contributed by atoms with van der Waals surface area (Å²) in [5.74, 6) is 2.54. The van der Waals surface area contributed by atoms with Gasteiger partial charge in [0.15, 0.2) is 0 Å². The number of aryl methyl sites for hydroxylation is 4. The minimum absolute atomic E-state index is 0.235. The van der Waals surface area contributed by atoms with Gasteiger partial charge in [-0.15, -0.1) is 0 Å². The van der Waals surface area contributed by atoms with Crippen molar-refractivity contribution in [1.82, 2.24) is 9.97 Å². The fourth-order valence-electron chi connectivity index (χ4n) is 1.68. The van der Waals surface area contributed by atoms with E-state index in [2.05, 4.69) is 37.5 Å². The van der Waals surface area contributed by atoms with Crippen molar-refractivity contribution in [3.63, 3.8) is 0 Å². The molecule has 0 spiro atoms. The van der Waals surface area contributed by atoms with E-state index < -0.39 is 8.60 Å². The Bertz CT molecular complexity index is 459. The molecule has 8 heteroatoms. The number of hydrogen-bond acceptors (Lipinski definition) is 3. The molecule has 0 atom stereocenters. The molecule has 0 aromatic carbocycles. The van der Waals surface area contributed by atoms with Crippen LogP contribution in [0.3, 0.4) is 0 Å². The Hall–Kier alpha value is -1.27. The van der Waals surface area contributed by atoms with Crippen LogP contribution in [0.15, 0.2) is 24.8 Å². The van der Waals surface area contributed by atoms with E-state index in [-0.39, 0.29) is 6.61 Å². The van der Waals surface area contributed by atoms with Crippen LogP contribution in [0, 0.1) is 0 Å². The Kier molecular flexibility index (Phi) is 11.6. The summed E-state index contributed by atoms with van der Waals surface area (Å²) in [6.45, 7) is 6.11. The maximum atomic E-state index is 9.41. The third-order valence-electron chi connectivity index (χ3n) is 2.85. The van der Waals surface area contributed by atoms with Crippen LogP contribution in [-0.4, -0.2) is 16.6 Å². The van der Waals surface area contributed by atoms with E-state index in [4.69, 9.17) is 0 Å². The minimum atomic E-state index is -2.60. The van der Waals surface area contributed by atoms with Gasteiger partial charge in [-0.2, -0.15) is 8.60 Å². The second-order valence-electron chi connectivity index (χ2n) is 4.38. The Morgan fingerprint density at radius 1 is 0.955 bits per heavy atom. The monoisotopic (exact) mass is 330 g/mol. The van der Waals surface area contributed by atoms with Crippen LogP contribution in [0.4, 0.5) is 0 Å². The number of H-pyrrole nitrogens is 2. The molecule has 126 valence electrons. The molecule has 2 N–H and O–H groups in total. The average Bonchev–Trinajstić information content (AvgIpc) is 3.08. The molecule has 22 heavy (non-hydrogen) atoms. The zero-order valence-corrected chi connectivity index (χ0v) is 14.9. The van der Waals surface area contributed by atoms with Gasteiger partial charge in [0.05, 0.1) is 14.1 Å². The zero-order chi connectivity index (χ0) is 17.0. The van der Waals surface area contributed by atoms with Gasteiger partial charge in [-0.3, -0.25) is 0 Å². The highest BCUT2D eigenvalue weighted by molar-refractivity contribution is 7.36. The number of nitrogens with one attached hydrogen (secondary N) is 2. The van der Waals surface area contributed by atoms with Crippen molar-refractivity contribution < 1.29 is 23.4 Å². The number of imidazole rings is 2. The second kappa shape index (κ2) is 12.3. The number of aromatic amines is 2. The summed E-state index contributed by atoms with van der Waals surface area (Å²) in [6.07, 6.45) is 10.1. The van der Waals surface area contributed by atoms with E-state index in [0.29, 0.717) is 0 Å². The SMILES string of the molecule is CCOP([O-])[O-].CCc1[nH]cc[n+]1C.CCc1[nH]cc[n+]1C. The average molecular weight is 330 g/mol. The first kappa shape index (κ1) is 20.7. The Balaban J connectivity index is 0.000000306. The van der Waals surface area contributed by atoms with Crippen molar-refractivity contribution in [2.75, 3.05) is 6.61 Å². The molecule has 0 saturated carbocycles. The summed E-state index contributed by atoms with van der Waals surface area (Å²) in [5.41, 5.74) is 0. The molecule has 0 unspecified atom stereocenters. The Labute approximate surface area is 133 Å². The predicted molar refractivity (Wildman–Crippen MR) is 81.2 cm³/mol. The molecule has 2 aromatic heterocycles. The first-order chi connectivity index (χ1) is 10.5. The van der Waals surface area contributed by atoms with E-state index in [1.54, 1.807) is 6.92 Å². The van der Waals surface area contributed by atoms with Crippen LogP contribution in [0.1, 0.15) is 32.4 Å². The van der Waals surface area contributed by atoms with E-state index in [0.717, 1.165) is 12.8 Å². The van der Waals surface area contributed by atoms with Gasteiger partial charge < -0.3 is 14.3 Å². The van der Waals surface area contributed by atoms with Crippen molar-refractivity contribution >= 4 is 8.60 Å². The van der Waals surface area contributed by atoms with Crippen LogP contribution in [-0.2, 0) is 31.5 Å². The number of hydrogen-bond donors (Lipinski definition) is 2. The maximum Gasteiger partial charge on any atom is 0.253 e. The Morgan fingerprint density at radius 2 is 1.36 bits per heavy atom. The largest absolute Gasteiger partial charge is 0.820 e. The summed E-state index contributed by atoms with van der Waals surface area (Å²) in [7, 11) is 1.47. The van der Waals surface area contributed by atoms with Crippen LogP contribution in [0.25, 0.3) is 0 Å². The molecule has 0 saturated heterocycles. The molecular formula is C14H27N4O3P. The van der Waals surface area contributed by atoms with Crippen LogP contribution in [0.2, 0.25) is 0 Å². The molecule has 0 amide bonds. The normalized spacial score (nSPS) is 9.82. The maximum absolute atomic E-state index is 9.41. The summed E-state index contributed by atoms with van der Waals surface area (Å²) in [6, 6.07) is 0. The summed E-state index contributed by atoms with van der Waals surface area (Å²) in [4.78, 5) is 25.1. The van der Waals surface area contributed by atoms with Gasteiger partial charge in [-0.05, 0) is 6.92 Å². The van der Waals surface area contributed by atoms with Crippen molar-refractivity contribution in [1.29, 1.82) is 0 Å². The second-order valence-corrected chi connectivity index (χ2v) is 5.09. The quantitative estimate of drug-likeness (QED) is 0.599. The lowest BCUT2D eigenvalue weighted by Crippen LogP contribution is -2.29. The lowest BCUT2D eigenvalue weighted by atomic mass is 10.5. The molecule has 0 radical (unpaired) electrons. The lowest BCUT2D eigenvalue weighted by molar-refractivity contribution is -0.677. The van der Waals surface area contributed by atoms with E-state index >= 15 is 0 Å². The first-order valence-corrected chi connectivity index (χ1v) is 8.36. The van der Waals surface area contributed by atoms with Crippen LogP contribution < -0.4 is 18.9 Å². The van der Waals surface area contributed by atoms with Crippen molar-refractivity contribution in [2.24, 2.45) is 14.1 Å². The molecule has 0 aliphatic heterocycles. The third kappa shape index (κ3) is 8.89. The first-order valence-electron chi connectivity index (χ1n) is 7.27. The number of aromatic nitrogens is 4. The summed E-state index contributed by atoms with van der Waals surface area (Å²) in [5, 5.41) is 0. The molecule has 2 rings (SSSR count). The molecular weight excluding hydrogens is 303 g/mol. The highest BCUT2D eigenvalue weighted by Crippen LogP contribution is 2.10. The summed E-state index contributed by atoms with van der Waals surface area (Å²) < 4.78 is 8.16. The van der Waals surface area contributed by atoms with Crippen molar-refractivity contribution in [3.8, 4) is 0 Å². The lowest BCUT2D eigenvalue weighted by Gasteiger charge is -2.27. The fraction of sp³-hybridized carbons (Fsp3) is 0.571. The van der Waals surface area contributed by atoms with Crippen molar-refractivity contribution in [2.45, 2.75) is 33.6 Å². The molecule has 0 fully saturated rings. The molecule has 0 bridgehead atoms. The van der Waals surface area contributed by atoms with Gasteiger partial charge >= 0.3 is 0 Å². The van der Waals surface area contributed by atoms with Crippen LogP contribution >= 0.6 is 8.60 Å². The zero-order valence-electron chi connectivity index (χ0n) is 14.0. The van der Waals surface area contributed by atoms with Gasteiger partial charge in [0, 0.05) is 19.4 Å². The molecule has 0 aliphatic rings. The minimum Gasteiger partial charge on any atom is -0.820 e. The van der Waals surface area contributed by atoms with Crippen LogP contribution in [0.5, 0.6) is 0 Å². The van der Waals surface area contributed by atoms with E-state index in [1.807, 2.05) is 38.9 Å². The highest BCUT2D eigenvalue weighted by Gasteiger charge is 2.00. The standard InChI is InChI=1S/2C6H10N2.C2H5O3P/c2*1-3-6-7-4-5-8(6)2;1-2-5-6(3)4/h2*4-5H,3H2,1-2H3;2H2,1H3/q;;-2/p+2. The highest BCUT2D eigenvalue weighted by atomic mass is 31.2. The molecule has 0 aliphatic carbocycles. The number of rotatable bonds is 4. The van der Waals surface area contributed by atoms with Gasteiger partial charge in [0.1, 0.15) is 24.8 Å². The molecule has 2 aromatic rings. The van der Waals surface area contributed by atoms with Gasteiger partial charge in [-0.1, -0.05) is 13.8 Å². The van der Waals surface area contributed by atoms with E-state index in [1.165, 1.54) is 11.6 Å². The number of nitrogens with zero attached hydrogens (tertiary/aromatic N) is 2. The summed E-state index contributed by atoms with van der Waals surface area (Å²) >= 11 is 0. The van der Waals surface area contributed by atoms with Gasteiger partial charge in [0.2, 0.25) is 0 Å². The fourth-order valence-corrected chi connectivity index (χ4v) is 1.89. The Morgan fingerprint density at radius 3 is 1.45 bits per heavy atom. The topological polar surface area (TPSA) is 94.7 Å². The van der Waals surface area contributed by atoms with Gasteiger partial charge in [-0.25, -0.2) is 19.1 Å².